The first-order chi connectivity index (χ1) is 20.1. The third-order valence-electron chi connectivity index (χ3n) is 6.26. The summed E-state index contributed by atoms with van der Waals surface area (Å²) in [6.45, 7) is 11.7. The van der Waals surface area contributed by atoms with Crippen LogP contribution in [0.2, 0.25) is 5.02 Å². The SMILES string of the molecule is CC.CNc1cc2ccccc2c(-c2cc3ncnc(N4CCN(C(=O)OC(C)(C)C)CC4)c3cc2Cl)n1.O=CCO. The number of anilines is 2. The second kappa shape index (κ2) is 14.7. The van der Waals surface area contributed by atoms with Crippen LogP contribution in [0.5, 0.6) is 0 Å². The minimum absolute atomic E-state index is 0.286. The van der Waals surface area contributed by atoms with Crippen molar-refractivity contribution < 1.29 is 19.4 Å². The number of nitrogens with zero attached hydrogens (tertiary/aromatic N) is 5. The lowest BCUT2D eigenvalue weighted by Crippen LogP contribution is -2.50. The van der Waals surface area contributed by atoms with Crippen molar-refractivity contribution in [2.24, 2.45) is 0 Å². The number of ether oxygens (including phenoxy) is 1. The van der Waals surface area contributed by atoms with Crippen LogP contribution in [0.15, 0.2) is 48.8 Å². The molecule has 1 fully saturated rings. The Labute approximate surface area is 251 Å². The average Bonchev–Trinajstić information content (AvgIpc) is 3.00. The number of aromatic nitrogens is 3. The number of piperazine rings is 1. The van der Waals surface area contributed by atoms with Crippen molar-refractivity contribution in [1.29, 1.82) is 0 Å². The van der Waals surface area contributed by atoms with Crippen LogP contribution in [0.25, 0.3) is 32.9 Å². The van der Waals surface area contributed by atoms with Gasteiger partial charge in [0, 0.05) is 49.6 Å². The topological polar surface area (TPSA) is 121 Å². The summed E-state index contributed by atoms with van der Waals surface area (Å²) < 4.78 is 5.52. The molecule has 42 heavy (non-hydrogen) atoms. The van der Waals surface area contributed by atoms with Gasteiger partial charge in [-0.25, -0.2) is 19.7 Å². The van der Waals surface area contributed by atoms with Crippen LogP contribution >= 0.6 is 11.6 Å². The molecule has 0 radical (unpaired) electrons. The molecule has 224 valence electrons. The van der Waals surface area contributed by atoms with E-state index in [0.29, 0.717) is 37.5 Å². The molecule has 5 rings (SSSR count). The number of carbonyl (C=O) groups excluding carboxylic acids is 2. The first-order valence-electron chi connectivity index (χ1n) is 13.9. The average molecular weight is 595 g/mol. The fourth-order valence-electron chi connectivity index (χ4n) is 4.46. The van der Waals surface area contributed by atoms with Crippen molar-refractivity contribution in [3.05, 3.63) is 53.8 Å². The van der Waals surface area contributed by atoms with E-state index in [2.05, 4.69) is 26.3 Å². The molecular formula is C31H39ClN6O4. The first-order valence-corrected chi connectivity index (χ1v) is 14.3. The third kappa shape index (κ3) is 7.83. The van der Waals surface area contributed by atoms with E-state index in [9.17, 15) is 4.79 Å². The number of aliphatic hydroxyl groups is 1. The van der Waals surface area contributed by atoms with Crippen LogP contribution in [-0.4, -0.2) is 82.8 Å². The number of aliphatic hydroxyl groups excluding tert-OH is 1. The van der Waals surface area contributed by atoms with Gasteiger partial charge in [0.2, 0.25) is 0 Å². The molecule has 1 aliphatic rings. The number of benzene rings is 2. The van der Waals surface area contributed by atoms with Crippen LogP contribution in [0, 0.1) is 0 Å². The number of aldehydes is 1. The molecule has 0 atom stereocenters. The Morgan fingerprint density at radius 3 is 2.36 bits per heavy atom. The van der Waals surface area contributed by atoms with Gasteiger partial charge in [-0.2, -0.15) is 0 Å². The Morgan fingerprint density at radius 1 is 1.07 bits per heavy atom. The number of hydrogen-bond donors (Lipinski definition) is 2. The Balaban J connectivity index is 0.000000745. The summed E-state index contributed by atoms with van der Waals surface area (Å²) >= 11 is 6.87. The molecule has 2 N–H and O–H groups in total. The maximum atomic E-state index is 12.5. The zero-order chi connectivity index (χ0) is 30.9. The molecule has 3 heterocycles. The molecule has 2 aromatic carbocycles. The van der Waals surface area contributed by atoms with Gasteiger partial charge in [0.05, 0.1) is 22.8 Å². The second-order valence-corrected chi connectivity index (χ2v) is 10.6. The molecule has 1 amide bonds. The minimum Gasteiger partial charge on any atom is -0.444 e. The summed E-state index contributed by atoms with van der Waals surface area (Å²) in [6, 6.07) is 14.0. The van der Waals surface area contributed by atoms with E-state index in [1.165, 1.54) is 0 Å². The van der Waals surface area contributed by atoms with Crippen molar-refractivity contribution in [3.63, 3.8) is 0 Å². The standard InChI is InChI=1S/C27H29ClN6O2.C2H4O2.C2H6/c1-27(2,3)36-26(35)34-11-9-33(10-12-34)25-20-14-21(28)19(15-22(20)30-16-31-25)24-18-8-6-5-7-17(18)13-23(29-4)32-24;3-1-2-4;1-2/h5-8,13-16H,9-12H2,1-4H3,(H,29,32);1,4H,2H2;1-2H3. The molecule has 0 unspecified atom stereocenters. The maximum Gasteiger partial charge on any atom is 0.410 e. The minimum atomic E-state index is -0.515. The molecule has 11 heteroatoms. The molecule has 2 aromatic heterocycles. The van der Waals surface area contributed by atoms with E-state index in [4.69, 9.17) is 31.2 Å². The summed E-state index contributed by atoms with van der Waals surface area (Å²) in [5.41, 5.74) is 1.89. The van der Waals surface area contributed by atoms with E-state index < -0.39 is 5.60 Å². The van der Waals surface area contributed by atoms with Crippen LogP contribution in [-0.2, 0) is 9.53 Å². The van der Waals surface area contributed by atoms with Crippen LogP contribution < -0.4 is 10.2 Å². The molecule has 10 nitrogen and oxygen atoms in total. The Hall–Kier alpha value is -4.02. The summed E-state index contributed by atoms with van der Waals surface area (Å²) in [6.07, 6.45) is 1.72. The summed E-state index contributed by atoms with van der Waals surface area (Å²) in [5.74, 6) is 1.57. The second-order valence-electron chi connectivity index (χ2n) is 10.2. The molecule has 0 aliphatic carbocycles. The van der Waals surface area contributed by atoms with Gasteiger partial charge in [0.15, 0.2) is 0 Å². The van der Waals surface area contributed by atoms with Gasteiger partial charge >= 0.3 is 6.09 Å². The Morgan fingerprint density at radius 2 is 1.74 bits per heavy atom. The highest BCUT2D eigenvalue weighted by Crippen LogP contribution is 2.37. The van der Waals surface area contributed by atoms with Gasteiger partial charge in [-0.3, -0.25) is 0 Å². The van der Waals surface area contributed by atoms with Crippen LogP contribution in [0.1, 0.15) is 34.6 Å². The molecule has 4 aromatic rings. The highest BCUT2D eigenvalue weighted by atomic mass is 35.5. The number of rotatable bonds is 4. The van der Waals surface area contributed by atoms with E-state index in [-0.39, 0.29) is 12.7 Å². The first kappa shape index (κ1) is 32.5. The quantitative estimate of drug-likeness (QED) is 0.282. The van der Waals surface area contributed by atoms with Crippen molar-refractivity contribution in [3.8, 4) is 11.3 Å². The van der Waals surface area contributed by atoms with Crippen molar-refractivity contribution in [2.75, 3.05) is 50.1 Å². The van der Waals surface area contributed by atoms with E-state index in [1.54, 1.807) is 11.2 Å². The predicted octanol–water partition coefficient (Wildman–Crippen LogP) is 5.80. The Kier molecular flexibility index (Phi) is 11.4. The monoisotopic (exact) mass is 594 g/mol. The zero-order valence-electron chi connectivity index (χ0n) is 25.0. The van der Waals surface area contributed by atoms with Gasteiger partial charge in [0.1, 0.15) is 29.9 Å². The normalized spacial score (nSPS) is 13.0. The van der Waals surface area contributed by atoms with Gasteiger partial charge in [-0.05, 0) is 44.4 Å². The lowest BCUT2D eigenvalue weighted by atomic mass is 10.0. The summed E-state index contributed by atoms with van der Waals surface area (Å²) in [4.78, 5) is 39.2. The number of fused-ring (bicyclic) bond motifs is 2. The van der Waals surface area contributed by atoms with Crippen molar-refractivity contribution >= 4 is 57.3 Å². The number of hydrogen-bond acceptors (Lipinski definition) is 9. The largest absolute Gasteiger partial charge is 0.444 e. The summed E-state index contributed by atoms with van der Waals surface area (Å²) in [5, 5.41) is 14.2. The fraction of sp³-hybridized carbons (Fsp3) is 0.387. The van der Waals surface area contributed by atoms with Crippen LogP contribution in [0.3, 0.4) is 0 Å². The highest BCUT2D eigenvalue weighted by molar-refractivity contribution is 6.34. The lowest BCUT2D eigenvalue weighted by molar-refractivity contribution is -0.110. The van der Waals surface area contributed by atoms with Gasteiger partial charge in [-0.1, -0.05) is 49.7 Å². The smallest absolute Gasteiger partial charge is 0.410 e. The van der Waals surface area contributed by atoms with E-state index in [1.807, 2.05) is 78.1 Å². The number of amides is 1. The molecular weight excluding hydrogens is 556 g/mol. The van der Waals surface area contributed by atoms with Gasteiger partial charge < -0.3 is 29.8 Å². The number of halogens is 1. The highest BCUT2D eigenvalue weighted by Gasteiger charge is 2.27. The van der Waals surface area contributed by atoms with Gasteiger partial charge in [0.25, 0.3) is 0 Å². The van der Waals surface area contributed by atoms with E-state index in [0.717, 1.165) is 44.6 Å². The molecule has 0 spiro atoms. The van der Waals surface area contributed by atoms with Crippen molar-refractivity contribution in [1.82, 2.24) is 19.9 Å². The molecule has 0 bridgehead atoms. The molecule has 0 saturated carbocycles. The maximum absolute atomic E-state index is 12.5. The summed E-state index contributed by atoms with van der Waals surface area (Å²) in [7, 11) is 1.85. The van der Waals surface area contributed by atoms with Crippen molar-refractivity contribution in [2.45, 2.75) is 40.2 Å². The zero-order valence-corrected chi connectivity index (χ0v) is 25.8. The third-order valence-corrected chi connectivity index (χ3v) is 6.57. The fourth-order valence-corrected chi connectivity index (χ4v) is 4.71. The molecule has 1 saturated heterocycles. The number of nitrogens with one attached hydrogen (secondary N) is 1. The Bertz CT molecular complexity index is 1520. The van der Waals surface area contributed by atoms with E-state index >= 15 is 0 Å². The number of pyridine rings is 1. The lowest BCUT2D eigenvalue weighted by Gasteiger charge is -2.36. The predicted molar refractivity (Wildman–Crippen MR) is 169 cm³/mol. The van der Waals surface area contributed by atoms with Crippen LogP contribution in [0.4, 0.5) is 16.4 Å². The molecule has 1 aliphatic heterocycles. The number of carbonyl (C=O) groups is 2. The van der Waals surface area contributed by atoms with Gasteiger partial charge in [-0.15, -0.1) is 0 Å².